The molecule has 1 unspecified atom stereocenters. The monoisotopic (exact) mass is 173 g/mol. The molecule has 68 valence electrons. The molecule has 0 radical (unpaired) electrons. The number of terminal acetylenes is 1. The van der Waals surface area contributed by atoms with Gasteiger partial charge in [-0.05, 0) is 26.0 Å². The van der Waals surface area contributed by atoms with Gasteiger partial charge in [0.15, 0.2) is 0 Å². The molecular weight excluding hydrogens is 158 g/mol. The third-order valence-corrected chi connectivity index (χ3v) is 2.11. The Bertz CT molecular complexity index is 292. The predicted octanol–water partition coefficient (Wildman–Crippen LogP) is 1.76. The van der Waals surface area contributed by atoms with E-state index in [1.165, 1.54) is 11.1 Å². The molecule has 0 aliphatic carbocycles. The molecule has 1 aromatic rings. The number of nitrogens with one attached hydrogen (secondary N) is 1. The topological polar surface area (TPSA) is 12.0 Å². The van der Waals surface area contributed by atoms with Crippen molar-refractivity contribution >= 4 is 0 Å². The van der Waals surface area contributed by atoms with Crippen molar-refractivity contribution in [3.05, 3.63) is 35.4 Å². The van der Waals surface area contributed by atoms with E-state index in [0.717, 1.165) is 6.42 Å². The number of rotatable bonds is 3. The summed E-state index contributed by atoms with van der Waals surface area (Å²) < 4.78 is 0. The lowest BCUT2D eigenvalue weighted by Gasteiger charge is -2.08. The van der Waals surface area contributed by atoms with Crippen molar-refractivity contribution in [2.24, 2.45) is 0 Å². The van der Waals surface area contributed by atoms with Gasteiger partial charge in [-0.2, -0.15) is 0 Å². The second-order valence-electron chi connectivity index (χ2n) is 3.20. The third-order valence-electron chi connectivity index (χ3n) is 2.11. The van der Waals surface area contributed by atoms with Crippen LogP contribution in [0.15, 0.2) is 24.3 Å². The van der Waals surface area contributed by atoms with Crippen molar-refractivity contribution in [2.45, 2.75) is 19.4 Å². The molecule has 0 spiro atoms. The largest absolute Gasteiger partial charge is 0.306 e. The zero-order valence-electron chi connectivity index (χ0n) is 8.17. The van der Waals surface area contributed by atoms with E-state index in [9.17, 15) is 0 Å². The predicted molar refractivity (Wildman–Crippen MR) is 56.6 cm³/mol. The van der Waals surface area contributed by atoms with E-state index in [4.69, 9.17) is 6.42 Å². The minimum Gasteiger partial charge on any atom is -0.306 e. The van der Waals surface area contributed by atoms with E-state index in [1.54, 1.807) is 0 Å². The molecule has 0 amide bonds. The molecule has 0 aliphatic heterocycles. The molecule has 13 heavy (non-hydrogen) atoms. The third kappa shape index (κ3) is 2.93. The van der Waals surface area contributed by atoms with Crippen LogP contribution in [0.2, 0.25) is 0 Å². The van der Waals surface area contributed by atoms with Crippen molar-refractivity contribution in [1.29, 1.82) is 0 Å². The van der Waals surface area contributed by atoms with Crippen molar-refractivity contribution in [3.8, 4) is 12.3 Å². The van der Waals surface area contributed by atoms with Gasteiger partial charge in [-0.1, -0.05) is 35.7 Å². The highest BCUT2D eigenvalue weighted by Gasteiger charge is 2.01. The molecule has 0 saturated heterocycles. The maximum absolute atomic E-state index is 5.35. The van der Waals surface area contributed by atoms with Crippen LogP contribution >= 0.6 is 0 Å². The summed E-state index contributed by atoms with van der Waals surface area (Å²) in [6.07, 6.45) is 6.24. The maximum atomic E-state index is 5.35. The molecule has 1 N–H and O–H groups in total. The fourth-order valence-corrected chi connectivity index (χ4v) is 1.20. The Balaban J connectivity index is 2.64. The quantitative estimate of drug-likeness (QED) is 0.687. The number of likely N-dealkylation sites (N-methyl/N-ethyl adjacent to an activating group) is 1. The second kappa shape index (κ2) is 4.69. The van der Waals surface area contributed by atoms with Crippen LogP contribution in [-0.4, -0.2) is 13.1 Å². The fraction of sp³-hybridized carbons (Fsp3) is 0.333. The molecule has 1 atom stereocenters. The molecule has 0 bridgehead atoms. The summed E-state index contributed by atoms with van der Waals surface area (Å²) in [5.74, 6) is 2.70. The Labute approximate surface area is 80.2 Å². The number of benzene rings is 1. The number of hydrogen-bond acceptors (Lipinski definition) is 1. The fourth-order valence-electron chi connectivity index (χ4n) is 1.20. The molecule has 1 nitrogen and oxygen atoms in total. The van der Waals surface area contributed by atoms with Gasteiger partial charge in [0, 0.05) is 0 Å². The van der Waals surface area contributed by atoms with Crippen molar-refractivity contribution < 1.29 is 0 Å². The number of hydrogen-bond donors (Lipinski definition) is 1. The first kappa shape index (κ1) is 9.83. The van der Waals surface area contributed by atoms with E-state index < -0.39 is 0 Å². The molecule has 1 heteroatoms. The van der Waals surface area contributed by atoms with Crippen LogP contribution in [0, 0.1) is 19.3 Å². The van der Waals surface area contributed by atoms with Crippen LogP contribution in [0.4, 0.5) is 0 Å². The van der Waals surface area contributed by atoms with Gasteiger partial charge in [-0.25, -0.2) is 0 Å². The lowest BCUT2D eigenvalue weighted by atomic mass is 10.1. The van der Waals surface area contributed by atoms with Gasteiger partial charge in [0.25, 0.3) is 0 Å². The summed E-state index contributed by atoms with van der Waals surface area (Å²) in [7, 11) is 1.89. The van der Waals surface area contributed by atoms with E-state index in [2.05, 4.69) is 42.4 Å². The maximum Gasteiger partial charge on any atom is 0.0725 e. The first-order valence-corrected chi connectivity index (χ1v) is 4.45. The molecule has 0 heterocycles. The van der Waals surface area contributed by atoms with E-state index in [-0.39, 0.29) is 6.04 Å². The van der Waals surface area contributed by atoms with E-state index >= 15 is 0 Å². The normalized spacial score (nSPS) is 12.1. The van der Waals surface area contributed by atoms with Gasteiger partial charge in [0.1, 0.15) is 0 Å². The minimum atomic E-state index is 0.141. The Morgan fingerprint density at radius 1 is 1.38 bits per heavy atom. The first-order valence-electron chi connectivity index (χ1n) is 4.45. The molecule has 0 saturated carbocycles. The Morgan fingerprint density at radius 3 is 2.46 bits per heavy atom. The molecule has 0 aromatic heterocycles. The van der Waals surface area contributed by atoms with Gasteiger partial charge in [0.2, 0.25) is 0 Å². The Hall–Kier alpha value is -1.26. The van der Waals surface area contributed by atoms with Crippen LogP contribution in [-0.2, 0) is 6.42 Å². The highest BCUT2D eigenvalue weighted by molar-refractivity contribution is 5.23. The van der Waals surface area contributed by atoms with Crippen LogP contribution in [0.25, 0.3) is 0 Å². The average molecular weight is 173 g/mol. The van der Waals surface area contributed by atoms with Crippen LogP contribution in [0.3, 0.4) is 0 Å². The SMILES string of the molecule is C#CC(Cc1ccc(C)cc1)NC. The summed E-state index contributed by atoms with van der Waals surface area (Å²) in [5, 5.41) is 3.08. The average Bonchev–Trinajstić information content (AvgIpc) is 2.17. The second-order valence-corrected chi connectivity index (χ2v) is 3.20. The van der Waals surface area contributed by atoms with Gasteiger partial charge >= 0.3 is 0 Å². The van der Waals surface area contributed by atoms with Crippen LogP contribution in [0.1, 0.15) is 11.1 Å². The van der Waals surface area contributed by atoms with Gasteiger partial charge < -0.3 is 5.32 Å². The lowest BCUT2D eigenvalue weighted by molar-refractivity contribution is 0.683. The first-order chi connectivity index (χ1) is 6.26. The zero-order chi connectivity index (χ0) is 9.68. The highest BCUT2D eigenvalue weighted by Crippen LogP contribution is 2.05. The Morgan fingerprint density at radius 2 is 2.00 bits per heavy atom. The molecule has 1 rings (SSSR count). The van der Waals surface area contributed by atoms with E-state index in [0.29, 0.717) is 0 Å². The zero-order valence-corrected chi connectivity index (χ0v) is 8.17. The smallest absolute Gasteiger partial charge is 0.0725 e. The lowest BCUT2D eigenvalue weighted by Crippen LogP contribution is -2.25. The highest BCUT2D eigenvalue weighted by atomic mass is 14.8. The molecule has 1 aromatic carbocycles. The molecule has 0 fully saturated rings. The van der Waals surface area contributed by atoms with E-state index in [1.807, 2.05) is 7.05 Å². The molecular formula is C12H15N. The minimum absolute atomic E-state index is 0.141. The van der Waals surface area contributed by atoms with Gasteiger partial charge in [0.05, 0.1) is 6.04 Å². The summed E-state index contributed by atoms with van der Waals surface area (Å²) in [4.78, 5) is 0. The van der Waals surface area contributed by atoms with Crippen molar-refractivity contribution in [1.82, 2.24) is 5.32 Å². The van der Waals surface area contributed by atoms with Crippen molar-refractivity contribution in [2.75, 3.05) is 7.05 Å². The van der Waals surface area contributed by atoms with Crippen molar-refractivity contribution in [3.63, 3.8) is 0 Å². The summed E-state index contributed by atoms with van der Waals surface area (Å²) in [6.45, 7) is 2.08. The van der Waals surface area contributed by atoms with Crippen LogP contribution in [0.5, 0.6) is 0 Å². The van der Waals surface area contributed by atoms with Gasteiger partial charge in [-0.15, -0.1) is 6.42 Å². The van der Waals surface area contributed by atoms with Crippen LogP contribution < -0.4 is 5.32 Å². The summed E-state index contributed by atoms with van der Waals surface area (Å²) >= 11 is 0. The summed E-state index contributed by atoms with van der Waals surface area (Å²) in [5.41, 5.74) is 2.56. The standard InChI is InChI=1S/C12H15N/c1-4-12(13-3)9-11-7-5-10(2)6-8-11/h1,5-8,12-13H,9H2,2-3H3. The Kier molecular flexibility index (Phi) is 3.54. The molecule has 0 aliphatic rings. The summed E-state index contributed by atoms with van der Waals surface area (Å²) in [6, 6.07) is 8.60. The number of aryl methyl sites for hydroxylation is 1. The van der Waals surface area contributed by atoms with Gasteiger partial charge in [-0.3, -0.25) is 0 Å².